The fraction of sp³-hybridized carbons (Fsp3) is 0.333. The number of methoxy groups -OCH3 is 1. The molecule has 6 heteroatoms. The van der Waals surface area contributed by atoms with Crippen LogP contribution < -0.4 is 0 Å². The minimum Gasteiger partial charge on any atom is -0.383 e. The van der Waals surface area contributed by atoms with Crippen molar-refractivity contribution in [1.82, 2.24) is 14.8 Å². The summed E-state index contributed by atoms with van der Waals surface area (Å²) in [7, 11) is 1.61. The van der Waals surface area contributed by atoms with Crippen molar-refractivity contribution in [2.75, 3.05) is 13.7 Å². The number of benzene rings is 1. The molecule has 0 saturated carbocycles. The summed E-state index contributed by atoms with van der Waals surface area (Å²) in [5.74, 6) is -1.01. The molecule has 0 amide bonds. The van der Waals surface area contributed by atoms with Gasteiger partial charge in [-0.05, 0) is 17.7 Å². The second-order valence-corrected chi connectivity index (χ2v) is 3.86. The zero-order valence-corrected chi connectivity index (χ0v) is 9.94. The Labute approximate surface area is 103 Å². The number of rotatable bonds is 5. The molecule has 0 aliphatic rings. The highest BCUT2D eigenvalue weighted by Crippen LogP contribution is 2.12. The van der Waals surface area contributed by atoms with Crippen molar-refractivity contribution in [2.45, 2.75) is 13.0 Å². The van der Waals surface area contributed by atoms with Gasteiger partial charge < -0.3 is 9.30 Å². The number of hydrogen-bond donors (Lipinski definition) is 0. The van der Waals surface area contributed by atoms with Crippen molar-refractivity contribution in [3.63, 3.8) is 0 Å². The van der Waals surface area contributed by atoms with Gasteiger partial charge in [0.15, 0.2) is 11.6 Å². The number of aromatic nitrogens is 3. The Bertz CT molecular complexity index is 528. The SMILES string of the molecule is COCCn1cnnc1Cc1ccc(F)c(F)c1. The third-order valence-corrected chi connectivity index (χ3v) is 2.58. The van der Waals surface area contributed by atoms with Gasteiger partial charge in [0.1, 0.15) is 12.2 Å². The molecule has 1 aromatic carbocycles. The zero-order valence-electron chi connectivity index (χ0n) is 9.94. The molecule has 4 nitrogen and oxygen atoms in total. The fourth-order valence-electron chi connectivity index (χ4n) is 1.62. The maximum atomic E-state index is 13.1. The summed E-state index contributed by atoms with van der Waals surface area (Å²) < 4.78 is 32.7. The van der Waals surface area contributed by atoms with Gasteiger partial charge >= 0.3 is 0 Å². The highest BCUT2D eigenvalue weighted by atomic mass is 19.2. The highest BCUT2D eigenvalue weighted by molar-refractivity contribution is 5.21. The first-order valence-corrected chi connectivity index (χ1v) is 5.50. The van der Waals surface area contributed by atoms with E-state index < -0.39 is 11.6 Å². The number of ether oxygens (including phenoxy) is 1. The summed E-state index contributed by atoms with van der Waals surface area (Å²) in [5.41, 5.74) is 0.653. The van der Waals surface area contributed by atoms with Crippen molar-refractivity contribution in [2.24, 2.45) is 0 Å². The molecule has 0 aliphatic heterocycles. The van der Waals surface area contributed by atoms with Crippen LogP contribution in [0.4, 0.5) is 8.78 Å². The summed E-state index contributed by atoms with van der Waals surface area (Å²) in [6.45, 7) is 1.17. The van der Waals surface area contributed by atoms with E-state index in [2.05, 4.69) is 10.2 Å². The van der Waals surface area contributed by atoms with Crippen LogP contribution in [-0.4, -0.2) is 28.5 Å². The topological polar surface area (TPSA) is 39.9 Å². The van der Waals surface area contributed by atoms with Gasteiger partial charge in [0.05, 0.1) is 6.61 Å². The van der Waals surface area contributed by atoms with Gasteiger partial charge in [0, 0.05) is 20.1 Å². The Morgan fingerprint density at radius 1 is 1.28 bits per heavy atom. The first kappa shape index (κ1) is 12.6. The van der Waals surface area contributed by atoms with Crippen LogP contribution in [0.5, 0.6) is 0 Å². The molecule has 0 N–H and O–H groups in total. The second-order valence-electron chi connectivity index (χ2n) is 3.86. The minimum absolute atomic E-state index is 0.404. The lowest BCUT2D eigenvalue weighted by atomic mass is 10.1. The molecule has 0 atom stereocenters. The van der Waals surface area contributed by atoms with Gasteiger partial charge in [-0.2, -0.15) is 0 Å². The lowest BCUT2D eigenvalue weighted by Gasteiger charge is -2.06. The van der Waals surface area contributed by atoms with Gasteiger partial charge in [0.2, 0.25) is 0 Å². The summed E-state index contributed by atoms with van der Waals surface area (Å²) in [4.78, 5) is 0. The molecular weight excluding hydrogens is 240 g/mol. The third-order valence-electron chi connectivity index (χ3n) is 2.58. The Morgan fingerprint density at radius 3 is 2.83 bits per heavy atom. The third kappa shape index (κ3) is 2.89. The summed E-state index contributed by atoms with van der Waals surface area (Å²) in [5, 5.41) is 7.76. The highest BCUT2D eigenvalue weighted by Gasteiger charge is 2.08. The van der Waals surface area contributed by atoms with Crippen LogP contribution in [0.3, 0.4) is 0 Å². The van der Waals surface area contributed by atoms with E-state index in [0.29, 0.717) is 31.0 Å². The molecule has 18 heavy (non-hydrogen) atoms. The minimum atomic E-state index is -0.851. The molecule has 0 spiro atoms. The molecule has 0 bridgehead atoms. The van der Waals surface area contributed by atoms with Gasteiger partial charge in [-0.25, -0.2) is 8.78 Å². The molecule has 2 rings (SSSR count). The first-order chi connectivity index (χ1) is 8.70. The molecule has 0 unspecified atom stereocenters. The molecule has 0 fully saturated rings. The molecule has 0 aliphatic carbocycles. The molecule has 1 heterocycles. The Hall–Kier alpha value is -1.82. The van der Waals surface area contributed by atoms with Crippen molar-refractivity contribution in [1.29, 1.82) is 0 Å². The molecule has 0 radical (unpaired) electrons. The Balaban J connectivity index is 2.13. The van der Waals surface area contributed by atoms with Gasteiger partial charge in [0.25, 0.3) is 0 Å². The largest absolute Gasteiger partial charge is 0.383 e. The lowest BCUT2D eigenvalue weighted by Crippen LogP contribution is -2.08. The Kier molecular flexibility index (Phi) is 3.99. The van der Waals surface area contributed by atoms with E-state index in [4.69, 9.17) is 4.74 Å². The molecule has 2 aromatic rings. The lowest BCUT2D eigenvalue weighted by molar-refractivity contribution is 0.186. The number of hydrogen-bond acceptors (Lipinski definition) is 3. The van der Waals surface area contributed by atoms with Crippen LogP contribution in [-0.2, 0) is 17.7 Å². The van der Waals surface area contributed by atoms with E-state index in [-0.39, 0.29) is 0 Å². The van der Waals surface area contributed by atoms with E-state index in [1.165, 1.54) is 12.1 Å². The average Bonchev–Trinajstić information content (AvgIpc) is 2.79. The van der Waals surface area contributed by atoms with Crippen LogP contribution >= 0.6 is 0 Å². The molecule has 0 saturated heterocycles. The zero-order chi connectivity index (χ0) is 13.0. The predicted octanol–water partition coefficient (Wildman–Crippen LogP) is 1.79. The van der Waals surface area contributed by atoms with Gasteiger partial charge in [-0.3, -0.25) is 0 Å². The van der Waals surface area contributed by atoms with Crippen molar-refractivity contribution < 1.29 is 13.5 Å². The van der Waals surface area contributed by atoms with Crippen molar-refractivity contribution >= 4 is 0 Å². The molecular formula is C12H13F2N3O. The summed E-state index contributed by atoms with van der Waals surface area (Å²) in [6, 6.07) is 3.82. The smallest absolute Gasteiger partial charge is 0.159 e. The normalized spacial score (nSPS) is 10.8. The molecule has 96 valence electrons. The van der Waals surface area contributed by atoms with Gasteiger partial charge in [-0.15, -0.1) is 10.2 Å². The standard InChI is InChI=1S/C12H13F2N3O/c1-18-5-4-17-8-15-16-12(17)7-9-2-3-10(13)11(14)6-9/h2-3,6,8H,4-5,7H2,1H3. The van der Waals surface area contributed by atoms with Crippen LogP contribution in [0.15, 0.2) is 24.5 Å². The van der Waals surface area contributed by atoms with Gasteiger partial charge in [-0.1, -0.05) is 6.07 Å². The van der Waals surface area contributed by atoms with E-state index in [1.54, 1.807) is 13.4 Å². The Morgan fingerprint density at radius 2 is 2.11 bits per heavy atom. The van der Waals surface area contributed by atoms with Crippen molar-refractivity contribution in [3.8, 4) is 0 Å². The summed E-state index contributed by atoms with van der Waals surface area (Å²) >= 11 is 0. The van der Waals surface area contributed by atoms with Crippen LogP contribution in [0.25, 0.3) is 0 Å². The van der Waals surface area contributed by atoms with E-state index in [1.807, 2.05) is 4.57 Å². The van der Waals surface area contributed by atoms with E-state index in [0.717, 1.165) is 6.07 Å². The average molecular weight is 253 g/mol. The maximum Gasteiger partial charge on any atom is 0.159 e. The van der Waals surface area contributed by atoms with Crippen LogP contribution in [0.1, 0.15) is 11.4 Å². The van der Waals surface area contributed by atoms with E-state index >= 15 is 0 Å². The van der Waals surface area contributed by atoms with E-state index in [9.17, 15) is 8.78 Å². The van der Waals surface area contributed by atoms with Crippen LogP contribution in [0.2, 0.25) is 0 Å². The number of nitrogens with zero attached hydrogens (tertiary/aromatic N) is 3. The molecule has 1 aromatic heterocycles. The van der Waals surface area contributed by atoms with Crippen LogP contribution in [0, 0.1) is 11.6 Å². The second kappa shape index (κ2) is 5.68. The fourth-order valence-corrected chi connectivity index (χ4v) is 1.62. The maximum absolute atomic E-state index is 13.1. The predicted molar refractivity (Wildman–Crippen MR) is 61.1 cm³/mol. The quantitative estimate of drug-likeness (QED) is 0.815. The monoisotopic (exact) mass is 253 g/mol. The first-order valence-electron chi connectivity index (χ1n) is 5.50. The van der Waals surface area contributed by atoms with Crippen molar-refractivity contribution in [3.05, 3.63) is 47.5 Å². The summed E-state index contributed by atoms with van der Waals surface area (Å²) in [6.07, 6.45) is 2.00. The number of halogens is 2.